The van der Waals surface area contributed by atoms with Crippen LogP contribution in [0.25, 0.3) is 16.8 Å². The normalized spacial score (nSPS) is 18.7. The van der Waals surface area contributed by atoms with Gasteiger partial charge in [0.2, 0.25) is 5.78 Å². The lowest BCUT2D eigenvalue weighted by atomic mass is 9.89. The third-order valence-electron chi connectivity index (χ3n) is 4.69. The predicted molar refractivity (Wildman–Crippen MR) is 86.3 cm³/mol. The first-order valence-corrected chi connectivity index (χ1v) is 7.87. The van der Waals surface area contributed by atoms with Crippen molar-refractivity contribution < 1.29 is 4.79 Å². The van der Waals surface area contributed by atoms with Crippen LogP contribution in [0.1, 0.15) is 48.0 Å². The summed E-state index contributed by atoms with van der Waals surface area (Å²) in [6, 6.07) is 12.7. The lowest BCUT2D eigenvalue weighted by molar-refractivity contribution is 0.102. The van der Waals surface area contributed by atoms with Crippen molar-refractivity contribution in [3.8, 4) is 0 Å². The van der Waals surface area contributed by atoms with E-state index in [4.69, 9.17) is 0 Å². The van der Waals surface area contributed by atoms with Gasteiger partial charge in [-0.3, -0.25) is 4.79 Å². The van der Waals surface area contributed by atoms with E-state index in [-0.39, 0.29) is 5.78 Å². The molecule has 21 heavy (non-hydrogen) atoms. The molecule has 2 aromatic rings. The minimum Gasteiger partial charge on any atom is -0.379 e. The highest BCUT2D eigenvalue weighted by molar-refractivity contribution is 6.22. The Bertz CT molecular complexity index is 733. The molecule has 0 aromatic heterocycles. The van der Waals surface area contributed by atoms with Crippen LogP contribution in [0.5, 0.6) is 0 Å². The molecule has 106 valence electrons. The van der Waals surface area contributed by atoms with Gasteiger partial charge in [-0.05, 0) is 29.9 Å². The molecule has 0 spiro atoms. The van der Waals surface area contributed by atoms with Gasteiger partial charge in [-0.15, -0.1) is 0 Å². The first-order valence-electron chi connectivity index (χ1n) is 7.87. The zero-order valence-electron chi connectivity index (χ0n) is 12.1. The van der Waals surface area contributed by atoms with E-state index in [1.54, 1.807) is 0 Å². The lowest BCUT2D eigenvalue weighted by Crippen LogP contribution is -2.34. The molecule has 0 bridgehead atoms. The highest BCUT2D eigenvalue weighted by atomic mass is 16.1. The molecule has 0 saturated heterocycles. The molecular weight excluding hydrogens is 258 g/mol. The second kappa shape index (κ2) is 5.03. The average molecular weight is 277 g/mol. The zero-order valence-corrected chi connectivity index (χ0v) is 12.1. The average Bonchev–Trinajstić information content (AvgIpc) is 2.53. The quantitative estimate of drug-likeness (QED) is 0.886. The van der Waals surface area contributed by atoms with Gasteiger partial charge < -0.3 is 5.32 Å². The molecule has 0 atom stereocenters. The Morgan fingerprint density at radius 2 is 1.71 bits per heavy atom. The molecule has 2 aliphatic carbocycles. The highest BCUT2D eigenvalue weighted by Gasteiger charge is 2.24. The SMILES string of the molecule is O=C1C(NC2CCCCC2)=Cc2cccc3cccc1c23. The summed E-state index contributed by atoms with van der Waals surface area (Å²) in [5.41, 5.74) is 2.76. The summed E-state index contributed by atoms with van der Waals surface area (Å²) in [5, 5.41) is 5.74. The van der Waals surface area contributed by atoms with Gasteiger partial charge in [0.15, 0.2) is 0 Å². The number of carbonyl (C=O) groups is 1. The number of benzene rings is 2. The fourth-order valence-corrected chi connectivity index (χ4v) is 3.62. The van der Waals surface area contributed by atoms with Crippen molar-refractivity contribution in [2.45, 2.75) is 38.1 Å². The number of hydrogen-bond acceptors (Lipinski definition) is 2. The summed E-state index contributed by atoms with van der Waals surface area (Å²) in [6.07, 6.45) is 8.25. The van der Waals surface area contributed by atoms with Gasteiger partial charge >= 0.3 is 0 Å². The largest absolute Gasteiger partial charge is 0.379 e. The summed E-state index contributed by atoms with van der Waals surface area (Å²) in [7, 11) is 0. The number of ketones is 1. The van der Waals surface area contributed by atoms with Gasteiger partial charge in [-0.25, -0.2) is 0 Å². The van der Waals surface area contributed by atoms with Crippen molar-refractivity contribution in [1.29, 1.82) is 0 Å². The molecule has 2 nitrogen and oxygen atoms in total. The zero-order chi connectivity index (χ0) is 14.2. The van der Waals surface area contributed by atoms with Crippen LogP contribution in [0.15, 0.2) is 42.1 Å². The molecular formula is C19H19NO. The van der Waals surface area contributed by atoms with Crippen LogP contribution in [0.3, 0.4) is 0 Å². The molecule has 2 aliphatic rings. The van der Waals surface area contributed by atoms with Gasteiger partial charge in [0.1, 0.15) is 0 Å². The molecule has 1 saturated carbocycles. The molecule has 0 heterocycles. The predicted octanol–water partition coefficient (Wildman–Crippen LogP) is 4.30. The van der Waals surface area contributed by atoms with Crippen molar-refractivity contribution in [3.63, 3.8) is 0 Å². The van der Waals surface area contributed by atoms with Crippen LogP contribution in [0.2, 0.25) is 0 Å². The molecule has 4 rings (SSSR count). The third kappa shape index (κ3) is 2.15. The second-order valence-corrected chi connectivity index (χ2v) is 6.12. The number of hydrogen-bond donors (Lipinski definition) is 1. The first kappa shape index (κ1) is 12.6. The summed E-state index contributed by atoms with van der Waals surface area (Å²) in [6.45, 7) is 0. The number of carbonyl (C=O) groups excluding carboxylic acids is 1. The highest BCUT2D eigenvalue weighted by Crippen LogP contribution is 2.31. The summed E-state index contributed by atoms with van der Waals surface area (Å²) >= 11 is 0. The maximum absolute atomic E-state index is 12.7. The monoisotopic (exact) mass is 277 g/mol. The topological polar surface area (TPSA) is 29.1 Å². The first-order chi connectivity index (χ1) is 10.3. The standard InChI is InChI=1S/C19H19NO/c21-19-16-11-5-7-13-6-4-8-14(18(13)16)12-17(19)20-15-9-2-1-3-10-15/h4-8,11-12,15,20H,1-3,9-10H2. The number of Topliss-reactive ketones (excluding diaryl/α,β-unsaturated/α-hetero) is 1. The van der Waals surface area contributed by atoms with Gasteiger partial charge in [-0.2, -0.15) is 0 Å². The number of allylic oxidation sites excluding steroid dienone is 1. The van der Waals surface area contributed by atoms with Gasteiger partial charge in [0.05, 0.1) is 5.70 Å². The number of rotatable bonds is 2. The van der Waals surface area contributed by atoms with Crippen molar-refractivity contribution >= 4 is 22.6 Å². The summed E-state index contributed by atoms with van der Waals surface area (Å²) in [4.78, 5) is 12.7. The van der Waals surface area contributed by atoms with Crippen LogP contribution in [0, 0.1) is 0 Å². The van der Waals surface area contributed by atoms with E-state index in [0.29, 0.717) is 6.04 Å². The smallest absolute Gasteiger partial charge is 0.209 e. The molecule has 2 aromatic carbocycles. The maximum atomic E-state index is 12.7. The van der Waals surface area contributed by atoms with Crippen LogP contribution in [-0.2, 0) is 0 Å². The molecule has 2 heteroatoms. The van der Waals surface area contributed by atoms with E-state index >= 15 is 0 Å². The Morgan fingerprint density at radius 1 is 0.952 bits per heavy atom. The van der Waals surface area contributed by atoms with E-state index in [9.17, 15) is 4.79 Å². The van der Waals surface area contributed by atoms with E-state index in [1.165, 1.54) is 32.1 Å². The Morgan fingerprint density at radius 3 is 2.52 bits per heavy atom. The van der Waals surface area contributed by atoms with E-state index in [2.05, 4.69) is 29.6 Å². The van der Waals surface area contributed by atoms with Crippen LogP contribution < -0.4 is 5.32 Å². The summed E-state index contributed by atoms with van der Waals surface area (Å²) in [5.74, 6) is 0.143. The van der Waals surface area contributed by atoms with E-state index in [1.807, 2.05) is 18.2 Å². The molecule has 1 fully saturated rings. The Kier molecular flexibility index (Phi) is 3.03. The van der Waals surface area contributed by atoms with E-state index < -0.39 is 0 Å². The minimum atomic E-state index is 0.143. The van der Waals surface area contributed by atoms with Crippen LogP contribution in [-0.4, -0.2) is 11.8 Å². The molecule has 0 radical (unpaired) electrons. The minimum absolute atomic E-state index is 0.143. The van der Waals surface area contributed by atoms with E-state index in [0.717, 1.165) is 27.6 Å². The van der Waals surface area contributed by atoms with Gasteiger partial charge in [-0.1, -0.05) is 55.7 Å². The van der Waals surface area contributed by atoms with Gasteiger partial charge in [0, 0.05) is 17.0 Å². The Hall–Kier alpha value is -2.09. The van der Waals surface area contributed by atoms with Crippen LogP contribution in [0.4, 0.5) is 0 Å². The molecule has 1 N–H and O–H groups in total. The fraction of sp³-hybridized carbons (Fsp3) is 0.316. The maximum Gasteiger partial charge on any atom is 0.209 e. The fourth-order valence-electron chi connectivity index (χ4n) is 3.62. The molecule has 0 amide bonds. The number of nitrogens with one attached hydrogen (secondary N) is 1. The third-order valence-corrected chi connectivity index (χ3v) is 4.69. The molecule has 0 unspecified atom stereocenters. The summed E-state index contributed by atoms with van der Waals surface area (Å²) < 4.78 is 0. The lowest BCUT2D eigenvalue weighted by Gasteiger charge is -2.26. The second-order valence-electron chi connectivity index (χ2n) is 6.12. The Balaban J connectivity index is 1.75. The van der Waals surface area contributed by atoms with Crippen molar-refractivity contribution in [3.05, 3.63) is 53.2 Å². The van der Waals surface area contributed by atoms with Crippen molar-refractivity contribution in [1.82, 2.24) is 5.32 Å². The van der Waals surface area contributed by atoms with Crippen molar-refractivity contribution in [2.75, 3.05) is 0 Å². The Labute approximate surface area is 124 Å². The molecule has 0 aliphatic heterocycles. The van der Waals surface area contributed by atoms with Crippen LogP contribution >= 0.6 is 0 Å². The van der Waals surface area contributed by atoms with Crippen molar-refractivity contribution in [2.24, 2.45) is 0 Å². The van der Waals surface area contributed by atoms with Gasteiger partial charge in [0.25, 0.3) is 0 Å².